The van der Waals surface area contributed by atoms with Gasteiger partial charge in [-0.15, -0.1) is 0 Å². The molecule has 1 heterocycles. The molecule has 1 aromatic heterocycles. The Morgan fingerprint density at radius 2 is 1.83 bits per heavy atom. The van der Waals surface area contributed by atoms with Crippen LogP contribution in [0.3, 0.4) is 0 Å². The molecule has 5 nitrogen and oxygen atoms in total. The molecule has 0 fully saturated rings. The fraction of sp³-hybridized carbons (Fsp3) is 0.0833. The summed E-state index contributed by atoms with van der Waals surface area (Å²) >= 11 is 0.984. The normalized spacial score (nSPS) is 11.4. The largest absolute Gasteiger partial charge is 0.624 e. The summed E-state index contributed by atoms with van der Waals surface area (Å²) in [6.45, 7) is 0.229. The van der Waals surface area contributed by atoms with Gasteiger partial charge in [0.05, 0.1) is 9.80 Å². The van der Waals surface area contributed by atoms with Crippen LogP contribution < -0.4 is 0 Å². The van der Waals surface area contributed by atoms with Crippen molar-refractivity contribution in [2.45, 2.75) is 6.54 Å². The highest BCUT2D eigenvalue weighted by Crippen LogP contribution is 2.22. The number of thiophene rings is 1. The van der Waals surface area contributed by atoms with E-state index in [1.165, 1.54) is 12.3 Å². The first-order valence-corrected chi connectivity index (χ1v) is 6.03. The second-order valence-corrected chi connectivity index (χ2v) is 4.72. The molecule has 0 aliphatic heterocycles. The Morgan fingerprint density at radius 3 is 2.44 bits per heavy atom. The Bertz CT molecular complexity index is 578. The zero-order valence-corrected chi connectivity index (χ0v) is 10.2. The number of nitrogens with zero attached hydrogens (tertiary/aromatic N) is 2. The smallest absolute Gasteiger partial charge is 0.324 e. The third-order valence-electron chi connectivity index (χ3n) is 2.25. The fourth-order valence-electron chi connectivity index (χ4n) is 1.46. The van der Waals surface area contributed by atoms with Gasteiger partial charge in [-0.3, -0.25) is 10.1 Å². The van der Waals surface area contributed by atoms with Crippen molar-refractivity contribution in [3.63, 3.8) is 0 Å². The zero-order chi connectivity index (χ0) is 13.0. The summed E-state index contributed by atoms with van der Waals surface area (Å²) in [4.78, 5) is 10.6. The van der Waals surface area contributed by atoms with E-state index in [0.29, 0.717) is 4.88 Å². The van der Waals surface area contributed by atoms with Crippen LogP contribution in [0.2, 0.25) is 0 Å². The summed E-state index contributed by atoms with van der Waals surface area (Å²) in [6, 6.07) is 12.3. The average molecular weight is 262 g/mol. The lowest BCUT2D eigenvalue weighted by Gasteiger charge is -2.02. The minimum absolute atomic E-state index is 0.0364. The Balaban J connectivity index is 2.10. The molecule has 0 saturated carbocycles. The van der Waals surface area contributed by atoms with Crippen LogP contribution in [0, 0.1) is 15.3 Å². The molecule has 0 aliphatic rings. The summed E-state index contributed by atoms with van der Waals surface area (Å²) in [7, 11) is 0. The molecule has 0 atom stereocenters. The summed E-state index contributed by atoms with van der Waals surface area (Å²) in [6.07, 6.45) is 1.37. The van der Waals surface area contributed by atoms with Crippen LogP contribution in [0.25, 0.3) is 0 Å². The molecule has 0 amide bonds. The van der Waals surface area contributed by atoms with Gasteiger partial charge in [0.2, 0.25) is 0 Å². The van der Waals surface area contributed by atoms with Gasteiger partial charge in [-0.05, 0) is 6.07 Å². The predicted octanol–water partition coefficient (Wildman–Crippen LogP) is 2.79. The fourth-order valence-corrected chi connectivity index (χ4v) is 2.22. The maximum absolute atomic E-state index is 11.7. The molecule has 18 heavy (non-hydrogen) atoms. The number of hydrogen-bond donors (Lipinski definition) is 0. The van der Waals surface area contributed by atoms with Crippen LogP contribution in [-0.2, 0) is 6.54 Å². The highest BCUT2D eigenvalue weighted by molar-refractivity contribution is 7.16. The Hall–Kier alpha value is -2.21. The van der Waals surface area contributed by atoms with E-state index in [0.717, 1.165) is 21.6 Å². The van der Waals surface area contributed by atoms with Crippen molar-refractivity contribution in [2.75, 3.05) is 0 Å². The van der Waals surface area contributed by atoms with Crippen LogP contribution in [-0.4, -0.2) is 15.9 Å². The van der Waals surface area contributed by atoms with Crippen molar-refractivity contribution >= 4 is 22.6 Å². The number of hydrogen-bond acceptors (Lipinski definition) is 4. The third-order valence-corrected chi connectivity index (χ3v) is 3.22. The second-order valence-electron chi connectivity index (χ2n) is 3.62. The van der Waals surface area contributed by atoms with Crippen molar-refractivity contribution < 1.29 is 9.66 Å². The van der Waals surface area contributed by atoms with Gasteiger partial charge in [0.25, 0.3) is 0 Å². The highest BCUT2D eigenvalue weighted by Gasteiger charge is 2.10. The van der Waals surface area contributed by atoms with E-state index in [1.54, 1.807) is 6.07 Å². The molecule has 2 rings (SSSR count). The molecule has 0 unspecified atom stereocenters. The summed E-state index contributed by atoms with van der Waals surface area (Å²) in [5, 5.41) is 22.2. The molecule has 92 valence electrons. The van der Waals surface area contributed by atoms with Crippen molar-refractivity contribution in [2.24, 2.45) is 0 Å². The quantitative estimate of drug-likeness (QED) is 0.280. The SMILES string of the molecule is O=[N+]([O-])c1ccc(/C=[N+](\[O-])Cc2ccccc2)s1. The van der Waals surface area contributed by atoms with E-state index in [2.05, 4.69) is 0 Å². The Kier molecular flexibility index (Phi) is 3.69. The van der Waals surface area contributed by atoms with Gasteiger partial charge in [-0.25, -0.2) is 4.74 Å². The van der Waals surface area contributed by atoms with Crippen LogP contribution in [0.15, 0.2) is 42.5 Å². The zero-order valence-electron chi connectivity index (χ0n) is 9.35. The van der Waals surface area contributed by atoms with Crippen molar-refractivity contribution in [1.29, 1.82) is 0 Å². The van der Waals surface area contributed by atoms with Crippen molar-refractivity contribution in [1.82, 2.24) is 0 Å². The molecular formula is C12H10N2O3S. The molecule has 0 aliphatic carbocycles. The Morgan fingerprint density at radius 1 is 1.11 bits per heavy atom. The molecule has 0 radical (unpaired) electrons. The first kappa shape index (κ1) is 12.3. The Labute approximate surface area is 107 Å². The molecule has 1 aromatic carbocycles. The lowest BCUT2D eigenvalue weighted by Crippen LogP contribution is -2.04. The molecule has 6 heteroatoms. The van der Waals surface area contributed by atoms with Crippen molar-refractivity contribution in [3.05, 3.63) is 68.2 Å². The van der Waals surface area contributed by atoms with Crippen LogP contribution >= 0.6 is 11.3 Å². The van der Waals surface area contributed by atoms with Gasteiger partial charge in [-0.2, -0.15) is 0 Å². The summed E-state index contributed by atoms with van der Waals surface area (Å²) in [5.74, 6) is 0. The van der Waals surface area contributed by atoms with E-state index in [-0.39, 0.29) is 11.5 Å². The van der Waals surface area contributed by atoms with Gasteiger partial charge >= 0.3 is 5.00 Å². The summed E-state index contributed by atoms with van der Waals surface area (Å²) < 4.78 is 0.769. The van der Waals surface area contributed by atoms with Crippen LogP contribution in [0.5, 0.6) is 0 Å². The van der Waals surface area contributed by atoms with E-state index < -0.39 is 4.92 Å². The molecule has 0 bridgehead atoms. The monoisotopic (exact) mass is 262 g/mol. The van der Waals surface area contributed by atoms with Crippen molar-refractivity contribution in [3.8, 4) is 0 Å². The maximum atomic E-state index is 11.7. The summed E-state index contributed by atoms with van der Waals surface area (Å²) in [5.41, 5.74) is 0.898. The molecule has 0 saturated heterocycles. The van der Waals surface area contributed by atoms with Crippen LogP contribution in [0.1, 0.15) is 10.4 Å². The first-order chi connectivity index (χ1) is 8.65. The van der Waals surface area contributed by atoms with Gasteiger partial charge in [0, 0.05) is 11.6 Å². The first-order valence-electron chi connectivity index (χ1n) is 5.22. The maximum Gasteiger partial charge on any atom is 0.324 e. The van der Waals surface area contributed by atoms with E-state index in [9.17, 15) is 15.3 Å². The molecule has 0 N–H and O–H groups in total. The molecule has 2 aromatic rings. The minimum atomic E-state index is -0.464. The van der Waals surface area contributed by atoms with Gasteiger partial charge in [0.15, 0.2) is 12.8 Å². The topological polar surface area (TPSA) is 69.2 Å². The number of rotatable bonds is 4. The van der Waals surface area contributed by atoms with Crippen LogP contribution in [0.4, 0.5) is 5.00 Å². The molecule has 0 spiro atoms. The predicted molar refractivity (Wildman–Crippen MR) is 69.9 cm³/mol. The highest BCUT2D eigenvalue weighted by atomic mass is 32.1. The standard InChI is InChI=1S/C12H10N2O3S/c15-13(8-10-4-2-1-3-5-10)9-11-6-7-12(18-11)14(16)17/h1-7,9H,8H2/b13-9-. The van der Waals surface area contributed by atoms with E-state index in [1.807, 2.05) is 30.3 Å². The van der Waals surface area contributed by atoms with E-state index >= 15 is 0 Å². The van der Waals surface area contributed by atoms with E-state index in [4.69, 9.17) is 0 Å². The lowest BCUT2D eigenvalue weighted by molar-refractivity contribution is -0.469. The molecular weight excluding hydrogens is 252 g/mol. The minimum Gasteiger partial charge on any atom is -0.624 e. The third kappa shape index (κ3) is 3.14. The number of nitro groups is 1. The second kappa shape index (κ2) is 5.42. The lowest BCUT2D eigenvalue weighted by atomic mass is 10.2. The number of hydroxylamine groups is 1. The van der Waals surface area contributed by atoms with Gasteiger partial charge in [0.1, 0.15) is 0 Å². The average Bonchev–Trinajstić information content (AvgIpc) is 2.78. The van der Waals surface area contributed by atoms with Gasteiger partial charge in [-0.1, -0.05) is 41.7 Å². The van der Waals surface area contributed by atoms with Gasteiger partial charge < -0.3 is 5.21 Å². The number of benzene rings is 1.